The number of amides is 1. The number of hydrogen-bond donors (Lipinski definition) is 2. The number of carbonyl (C=O) groups excluding carboxylic acids is 1. The van der Waals surface area contributed by atoms with E-state index < -0.39 is 0 Å². The number of aromatic nitrogens is 2. The number of hydrogen-bond acceptors (Lipinski definition) is 5. The molecule has 1 aromatic heterocycles. The summed E-state index contributed by atoms with van der Waals surface area (Å²) in [6.07, 6.45) is 1.62. The third kappa shape index (κ3) is 3.84. The smallest absolute Gasteiger partial charge is 0.240 e. The van der Waals surface area contributed by atoms with Gasteiger partial charge in [-0.3, -0.25) is 14.9 Å². The zero-order valence-electron chi connectivity index (χ0n) is 16.1. The van der Waals surface area contributed by atoms with Crippen LogP contribution in [0.4, 0.5) is 0 Å². The number of para-hydroxylation sites is 1. The highest BCUT2D eigenvalue weighted by atomic mass is 16.5. The number of aryl methyl sites for hydroxylation is 2. The van der Waals surface area contributed by atoms with Crippen molar-refractivity contribution in [3.05, 3.63) is 47.3 Å². The number of ether oxygens (including phenoxy) is 1. The molecule has 0 bridgehead atoms. The maximum atomic E-state index is 12.8. The standard InChI is InChI=1S/C20H27N5O2/c1-13-8-14(2)25(23-13)11-16-10-18(22-21-16)20(26)24(3)12-17-9-15-6-4-5-7-19(15)27-17/h4-8,16-18,21-22H,9-12H2,1-3H3. The topological polar surface area (TPSA) is 71.4 Å². The van der Waals surface area contributed by atoms with Crippen molar-refractivity contribution in [2.75, 3.05) is 13.6 Å². The molecule has 2 aromatic rings. The van der Waals surface area contributed by atoms with Gasteiger partial charge in [0.1, 0.15) is 17.9 Å². The third-order valence-electron chi connectivity index (χ3n) is 5.34. The molecule has 1 saturated heterocycles. The second-order valence-electron chi connectivity index (χ2n) is 7.65. The lowest BCUT2D eigenvalue weighted by molar-refractivity contribution is -0.132. The van der Waals surface area contributed by atoms with E-state index in [0.717, 1.165) is 36.5 Å². The molecule has 2 aliphatic heterocycles. The van der Waals surface area contributed by atoms with Gasteiger partial charge in [0.15, 0.2) is 0 Å². The Morgan fingerprint density at radius 3 is 2.89 bits per heavy atom. The Balaban J connectivity index is 1.29. The van der Waals surface area contributed by atoms with E-state index in [2.05, 4.69) is 35.0 Å². The molecule has 144 valence electrons. The highest BCUT2D eigenvalue weighted by molar-refractivity contribution is 5.82. The van der Waals surface area contributed by atoms with Crippen molar-refractivity contribution in [1.29, 1.82) is 0 Å². The van der Waals surface area contributed by atoms with Gasteiger partial charge in [-0.2, -0.15) is 5.10 Å². The monoisotopic (exact) mass is 369 g/mol. The lowest BCUT2D eigenvalue weighted by Crippen LogP contribution is -2.47. The average Bonchev–Trinajstić information content (AvgIpc) is 3.33. The average molecular weight is 369 g/mol. The van der Waals surface area contributed by atoms with Gasteiger partial charge in [0.25, 0.3) is 0 Å². The lowest BCUT2D eigenvalue weighted by Gasteiger charge is -2.23. The third-order valence-corrected chi connectivity index (χ3v) is 5.34. The minimum absolute atomic E-state index is 0.0243. The highest BCUT2D eigenvalue weighted by Gasteiger charge is 2.33. The Morgan fingerprint density at radius 2 is 2.15 bits per heavy atom. The van der Waals surface area contributed by atoms with Gasteiger partial charge in [-0.1, -0.05) is 18.2 Å². The quantitative estimate of drug-likeness (QED) is 0.829. The molecule has 3 unspecified atom stereocenters. The van der Waals surface area contributed by atoms with Crippen molar-refractivity contribution in [3.63, 3.8) is 0 Å². The summed E-state index contributed by atoms with van der Waals surface area (Å²) < 4.78 is 7.96. The summed E-state index contributed by atoms with van der Waals surface area (Å²) in [4.78, 5) is 14.6. The van der Waals surface area contributed by atoms with Crippen LogP contribution < -0.4 is 15.6 Å². The SMILES string of the molecule is Cc1cc(C)n(CC2CC(C(=O)N(C)CC3Cc4ccccc4O3)NN2)n1. The number of carbonyl (C=O) groups is 1. The van der Waals surface area contributed by atoms with Gasteiger partial charge in [0, 0.05) is 25.2 Å². The largest absolute Gasteiger partial charge is 0.488 e. The van der Waals surface area contributed by atoms with Crippen LogP contribution in [0.1, 0.15) is 23.4 Å². The number of hydrazine groups is 1. The maximum absolute atomic E-state index is 12.8. The van der Waals surface area contributed by atoms with Crippen LogP contribution in [0.15, 0.2) is 30.3 Å². The summed E-state index contributed by atoms with van der Waals surface area (Å²) in [6, 6.07) is 10.1. The summed E-state index contributed by atoms with van der Waals surface area (Å²) in [6.45, 7) is 5.39. The predicted molar refractivity (Wildman–Crippen MR) is 102 cm³/mol. The molecule has 2 aliphatic rings. The van der Waals surface area contributed by atoms with Gasteiger partial charge < -0.3 is 9.64 Å². The molecule has 0 radical (unpaired) electrons. The zero-order chi connectivity index (χ0) is 19.0. The van der Waals surface area contributed by atoms with Crippen LogP contribution in [0.3, 0.4) is 0 Å². The van der Waals surface area contributed by atoms with Crippen molar-refractivity contribution in [1.82, 2.24) is 25.5 Å². The van der Waals surface area contributed by atoms with Crippen LogP contribution in [0, 0.1) is 13.8 Å². The van der Waals surface area contributed by atoms with E-state index in [1.807, 2.05) is 36.9 Å². The van der Waals surface area contributed by atoms with E-state index in [-0.39, 0.29) is 24.1 Å². The molecule has 1 amide bonds. The first-order valence-electron chi connectivity index (χ1n) is 9.51. The maximum Gasteiger partial charge on any atom is 0.240 e. The molecule has 0 spiro atoms. The Hall–Kier alpha value is -2.38. The number of rotatable bonds is 5. The van der Waals surface area contributed by atoms with Gasteiger partial charge in [-0.15, -0.1) is 0 Å². The zero-order valence-corrected chi connectivity index (χ0v) is 16.1. The first-order chi connectivity index (χ1) is 13.0. The van der Waals surface area contributed by atoms with E-state index in [9.17, 15) is 4.79 Å². The number of likely N-dealkylation sites (N-methyl/N-ethyl adjacent to an activating group) is 1. The molecule has 7 nitrogen and oxygen atoms in total. The summed E-state index contributed by atoms with van der Waals surface area (Å²) in [7, 11) is 1.85. The molecule has 3 heterocycles. The second kappa shape index (κ2) is 7.32. The minimum Gasteiger partial charge on any atom is -0.488 e. The lowest BCUT2D eigenvalue weighted by atomic mass is 10.1. The minimum atomic E-state index is -0.222. The van der Waals surface area contributed by atoms with E-state index >= 15 is 0 Å². The van der Waals surface area contributed by atoms with Crippen LogP contribution in [0.2, 0.25) is 0 Å². The number of nitrogens with one attached hydrogen (secondary N) is 2. The Labute approximate surface area is 159 Å². The van der Waals surface area contributed by atoms with Crippen LogP contribution in [0.5, 0.6) is 5.75 Å². The molecule has 3 atom stereocenters. The fraction of sp³-hybridized carbons (Fsp3) is 0.500. The Morgan fingerprint density at radius 1 is 1.33 bits per heavy atom. The first kappa shape index (κ1) is 18.0. The van der Waals surface area contributed by atoms with Gasteiger partial charge >= 0.3 is 0 Å². The molecule has 1 aromatic carbocycles. The van der Waals surface area contributed by atoms with Gasteiger partial charge in [0.05, 0.1) is 18.8 Å². The fourth-order valence-corrected chi connectivity index (χ4v) is 3.99. The highest BCUT2D eigenvalue weighted by Crippen LogP contribution is 2.28. The van der Waals surface area contributed by atoms with Crippen molar-refractivity contribution < 1.29 is 9.53 Å². The number of fused-ring (bicyclic) bond motifs is 1. The summed E-state index contributed by atoms with van der Waals surface area (Å²) >= 11 is 0. The molecule has 0 saturated carbocycles. The van der Waals surface area contributed by atoms with Gasteiger partial charge in [-0.05, 0) is 38.0 Å². The molecule has 0 aliphatic carbocycles. The molecule has 4 rings (SSSR count). The van der Waals surface area contributed by atoms with E-state index in [4.69, 9.17) is 4.74 Å². The first-order valence-corrected chi connectivity index (χ1v) is 9.51. The van der Waals surface area contributed by atoms with Crippen molar-refractivity contribution in [2.45, 2.75) is 51.4 Å². The molecule has 2 N–H and O–H groups in total. The fourth-order valence-electron chi connectivity index (χ4n) is 3.99. The second-order valence-corrected chi connectivity index (χ2v) is 7.65. The molecular formula is C20H27N5O2. The van der Waals surface area contributed by atoms with Crippen LogP contribution in [0.25, 0.3) is 0 Å². The van der Waals surface area contributed by atoms with Crippen molar-refractivity contribution in [3.8, 4) is 5.75 Å². The molecule has 1 fully saturated rings. The Kier molecular flexibility index (Phi) is 4.88. The van der Waals surface area contributed by atoms with Crippen LogP contribution in [-0.4, -0.2) is 52.4 Å². The number of nitrogens with zero attached hydrogens (tertiary/aromatic N) is 3. The summed E-state index contributed by atoms with van der Waals surface area (Å²) in [5.74, 6) is 1.03. The molecule has 27 heavy (non-hydrogen) atoms. The van der Waals surface area contributed by atoms with Gasteiger partial charge in [0.2, 0.25) is 5.91 Å². The Bertz CT molecular complexity index is 809. The summed E-state index contributed by atoms with van der Waals surface area (Å²) in [5.41, 5.74) is 9.77. The van der Waals surface area contributed by atoms with Crippen LogP contribution >= 0.6 is 0 Å². The molecular weight excluding hydrogens is 342 g/mol. The van der Waals surface area contributed by atoms with Gasteiger partial charge in [-0.25, -0.2) is 5.43 Å². The number of benzene rings is 1. The summed E-state index contributed by atoms with van der Waals surface area (Å²) in [5, 5.41) is 4.50. The van der Waals surface area contributed by atoms with Crippen molar-refractivity contribution in [2.24, 2.45) is 0 Å². The van der Waals surface area contributed by atoms with E-state index in [0.29, 0.717) is 6.54 Å². The normalized spacial score (nSPS) is 23.9. The molecule has 7 heteroatoms. The van der Waals surface area contributed by atoms with E-state index in [1.54, 1.807) is 4.90 Å². The van der Waals surface area contributed by atoms with E-state index in [1.165, 1.54) is 5.56 Å². The van der Waals surface area contributed by atoms with Crippen LogP contribution in [-0.2, 0) is 17.8 Å². The van der Waals surface area contributed by atoms with Crippen molar-refractivity contribution >= 4 is 5.91 Å². The predicted octanol–water partition coefficient (Wildman–Crippen LogP) is 1.20.